The maximum Gasteiger partial charge on any atom is 0.322 e. The molecule has 156 valence electrons. The molecule has 30 heavy (non-hydrogen) atoms. The number of para-hydroxylation sites is 2. The van der Waals surface area contributed by atoms with Crippen LogP contribution in [0.3, 0.4) is 0 Å². The Morgan fingerprint density at radius 1 is 1.30 bits per heavy atom. The second-order valence-corrected chi connectivity index (χ2v) is 6.79. The van der Waals surface area contributed by atoms with Gasteiger partial charge >= 0.3 is 6.03 Å². The van der Waals surface area contributed by atoms with E-state index in [1.54, 1.807) is 23.1 Å². The molecule has 1 aliphatic heterocycles. The van der Waals surface area contributed by atoms with Crippen LogP contribution in [0, 0.1) is 11.6 Å². The van der Waals surface area contributed by atoms with E-state index in [0.29, 0.717) is 31.0 Å². The minimum absolute atomic E-state index is 0.0106. The molecule has 0 bridgehead atoms. The fraction of sp³-hybridized carbons (Fsp3) is 0.286. The summed E-state index contributed by atoms with van der Waals surface area (Å²) in [7, 11) is 0. The topological polar surface area (TPSA) is 80.5 Å². The van der Waals surface area contributed by atoms with Gasteiger partial charge < -0.3 is 19.5 Å². The quantitative estimate of drug-likeness (QED) is 0.650. The molecule has 2 amide bonds. The average Bonchev–Trinajstić information content (AvgIpc) is 3.39. The molecule has 0 unspecified atom stereocenters. The Morgan fingerprint density at radius 3 is 2.93 bits per heavy atom. The van der Waals surface area contributed by atoms with E-state index in [-0.39, 0.29) is 23.3 Å². The third kappa shape index (κ3) is 3.96. The van der Waals surface area contributed by atoms with Crippen LogP contribution in [-0.2, 0) is 0 Å². The molecule has 0 saturated carbocycles. The SMILES string of the molecule is CCOc1ccccc1NC(=O)N1CCC[C@@H]1c1nc(-c2ccc(F)cc2F)no1. The van der Waals surface area contributed by atoms with Crippen molar-refractivity contribution in [3.05, 3.63) is 60.0 Å². The van der Waals surface area contributed by atoms with E-state index in [1.807, 2.05) is 13.0 Å². The van der Waals surface area contributed by atoms with Crippen molar-refractivity contribution in [2.24, 2.45) is 0 Å². The molecule has 1 N–H and O–H groups in total. The van der Waals surface area contributed by atoms with E-state index in [9.17, 15) is 13.6 Å². The molecule has 1 aliphatic rings. The van der Waals surface area contributed by atoms with Crippen LogP contribution in [0.15, 0.2) is 47.0 Å². The summed E-state index contributed by atoms with van der Waals surface area (Å²) in [6.45, 7) is 2.85. The summed E-state index contributed by atoms with van der Waals surface area (Å²) in [4.78, 5) is 18.7. The van der Waals surface area contributed by atoms with E-state index in [0.717, 1.165) is 18.6 Å². The molecule has 4 rings (SSSR count). The number of benzene rings is 2. The Balaban J connectivity index is 1.53. The van der Waals surface area contributed by atoms with Gasteiger partial charge in [0.15, 0.2) is 0 Å². The van der Waals surface area contributed by atoms with E-state index >= 15 is 0 Å². The third-order valence-corrected chi connectivity index (χ3v) is 4.84. The van der Waals surface area contributed by atoms with Crippen LogP contribution in [0.2, 0.25) is 0 Å². The molecule has 0 spiro atoms. The van der Waals surface area contributed by atoms with E-state index in [4.69, 9.17) is 9.26 Å². The van der Waals surface area contributed by atoms with Crippen LogP contribution in [0.4, 0.5) is 19.3 Å². The molecule has 0 aliphatic carbocycles. The standard InChI is InChI=1S/C21H20F2N4O3/c1-2-29-18-8-4-3-6-16(18)24-21(28)27-11-5-7-17(27)20-25-19(26-30-20)14-10-9-13(22)12-15(14)23/h3-4,6,8-10,12,17H,2,5,7,11H2,1H3,(H,24,28)/t17-/m1/s1. The lowest BCUT2D eigenvalue weighted by Crippen LogP contribution is -2.34. The van der Waals surface area contributed by atoms with E-state index in [2.05, 4.69) is 15.5 Å². The normalized spacial score (nSPS) is 16.0. The molecule has 1 aromatic heterocycles. The first-order valence-corrected chi connectivity index (χ1v) is 9.65. The Labute approximate surface area is 171 Å². The highest BCUT2D eigenvalue weighted by Gasteiger charge is 2.34. The first kappa shape index (κ1) is 19.8. The molecule has 1 saturated heterocycles. The molecule has 1 fully saturated rings. The number of carbonyl (C=O) groups is 1. The third-order valence-electron chi connectivity index (χ3n) is 4.84. The minimum atomic E-state index is -0.782. The summed E-state index contributed by atoms with van der Waals surface area (Å²) in [5, 5.41) is 6.67. The number of rotatable bonds is 5. The van der Waals surface area contributed by atoms with Gasteiger partial charge in [-0.3, -0.25) is 0 Å². The number of hydrogen-bond acceptors (Lipinski definition) is 5. The molecule has 2 aromatic carbocycles. The number of urea groups is 1. The summed E-state index contributed by atoms with van der Waals surface area (Å²) >= 11 is 0. The van der Waals surface area contributed by atoms with Crippen molar-refractivity contribution in [1.29, 1.82) is 0 Å². The van der Waals surface area contributed by atoms with Gasteiger partial charge in [0.2, 0.25) is 11.7 Å². The minimum Gasteiger partial charge on any atom is -0.492 e. The maximum absolute atomic E-state index is 14.0. The van der Waals surface area contributed by atoms with Crippen molar-refractivity contribution in [2.45, 2.75) is 25.8 Å². The molecule has 9 heteroatoms. The van der Waals surface area contributed by atoms with Crippen LogP contribution in [-0.4, -0.2) is 34.2 Å². The highest BCUT2D eigenvalue weighted by molar-refractivity contribution is 5.91. The number of ether oxygens (including phenoxy) is 1. The number of likely N-dealkylation sites (tertiary alicyclic amines) is 1. The van der Waals surface area contributed by atoms with Gasteiger partial charge in [0, 0.05) is 12.6 Å². The van der Waals surface area contributed by atoms with Gasteiger partial charge in [0.05, 0.1) is 17.9 Å². The Hall–Kier alpha value is -3.49. The number of nitrogens with one attached hydrogen (secondary N) is 1. The number of amides is 2. The first-order chi connectivity index (χ1) is 14.6. The number of aromatic nitrogens is 2. The van der Waals surface area contributed by atoms with Crippen molar-refractivity contribution >= 4 is 11.7 Å². The van der Waals surface area contributed by atoms with Gasteiger partial charge in [0.1, 0.15) is 23.4 Å². The molecule has 1 atom stereocenters. The second kappa shape index (κ2) is 8.48. The van der Waals surface area contributed by atoms with E-state index in [1.165, 1.54) is 6.07 Å². The van der Waals surface area contributed by atoms with Gasteiger partial charge in [-0.15, -0.1) is 0 Å². The van der Waals surface area contributed by atoms with Crippen LogP contribution < -0.4 is 10.1 Å². The number of carbonyl (C=O) groups excluding carboxylic acids is 1. The van der Waals surface area contributed by atoms with Crippen LogP contribution in [0.1, 0.15) is 31.7 Å². The van der Waals surface area contributed by atoms with Crippen molar-refractivity contribution < 1.29 is 22.8 Å². The molecule has 7 nitrogen and oxygen atoms in total. The highest BCUT2D eigenvalue weighted by Crippen LogP contribution is 2.34. The second-order valence-electron chi connectivity index (χ2n) is 6.79. The summed E-state index contributed by atoms with van der Waals surface area (Å²) in [6.07, 6.45) is 1.39. The lowest BCUT2D eigenvalue weighted by molar-refractivity contribution is 0.193. The predicted octanol–water partition coefficient (Wildman–Crippen LogP) is 4.78. The zero-order valence-electron chi connectivity index (χ0n) is 16.3. The summed E-state index contributed by atoms with van der Waals surface area (Å²) in [5.41, 5.74) is 0.598. The largest absolute Gasteiger partial charge is 0.492 e. The van der Waals surface area contributed by atoms with Crippen molar-refractivity contribution in [2.75, 3.05) is 18.5 Å². The van der Waals surface area contributed by atoms with Crippen molar-refractivity contribution in [1.82, 2.24) is 15.0 Å². The van der Waals surface area contributed by atoms with Crippen LogP contribution in [0.5, 0.6) is 5.75 Å². The van der Waals surface area contributed by atoms with Crippen molar-refractivity contribution in [3.63, 3.8) is 0 Å². The van der Waals surface area contributed by atoms with Crippen molar-refractivity contribution in [3.8, 4) is 17.1 Å². The molecule has 0 radical (unpaired) electrons. The van der Waals surface area contributed by atoms with Gasteiger partial charge in [-0.2, -0.15) is 4.98 Å². The molecule has 3 aromatic rings. The number of nitrogens with zero attached hydrogens (tertiary/aromatic N) is 3. The Bertz CT molecular complexity index is 1060. The first-order valence-electron chi connectivity index (χ1n) is 9.65. The summed E-state index contributed by atoms with van der Waals surface area (Å²) < 4.78 is 38.0. The summed E-state index contributed by atoms with van der Waals surface area (Å²) in [5.74, 6) is -0.672. The fourth-order valence-corrected chi connectivity index (χ4v) is 3.46. The number of halogens is 2. The lowest BCUT2D eigenvalue weighted by atomic mass is 10.2. The van der Waals surface area contributed by atoms with Gasteiger partial charge in [-0.1, -0.05) is 17.3 Å². The van der Waals surface area contributed by atoms with Gasteiger partial charge in [-0.05, 0) is 44.0 Å². The maximum atomic E-state index is 14.0. The number of hydrogen-bond donors (Lipinski definition) is 1. The van der Waals surface area contributed by atoms with Gasteiger partial charge in [-0.25, -0.2) is 13.6 Å². The van der Waals surface area contributed by atoms with Crippen LogP contribution >= 0.6 is 0 Å². The molecule has 2 heterocycles. The number of anilines is 1. The van der Waals surface area contributed by atoms with Crippen LogP contribution in [0.25, 0.3) is 11.4 Å². The molecular weight excluding hydrogens is 394 g/mol. The lowest BCUT2D eigenvalue weighted by Gasteiger charge is -2.23. The predicted molar refractivity (Wildman–Crippen MR) is 105 cm³/mol. The highest BCUT2D eigenvalue weighted by atomic mass is 19.1. The Morgan fingerprint density at radius 2 is 2.13 bits per heavy atom. The fourth-order valence-electron chi connectivity index (χ4n) is 3.46. The zero-order valence-corrected chi connectivity index (χ0v) is 16.3. The van der Waals surface area contributed by atoms with E-state index < -0.39 is 17.7 Å². The van der Waals surface area contributed by atoms with Gasteiger partial charge in [0.25, 0.3) is 0 Å². The summed E-state index contributed by atoms with van der Waals surface area (Å²) in [6, 6.07) is 9.55. The molecular formula is C21H20F2N4O3. The zero-order chi connectivity index (χ0) is 21.1. The Kier molecular flexibility index (Phi) is 5.60. The monoisotopic (exact) mass is 414 g/mol. The smallest absolute Gasteiger partial charge is 0.322 e. The average molecular weight is 414 g/mol.